The van der Waals surface area contributed by atoms with Gasteiger partial charge in [0.15, 0.2) is 0 Å². The Labute approximate surface area is 146 Å². The van der Waals surface area contributed by atoms with Crippen LogP contribution in [0.15, 0.2) is 45.3 Å². The highest BCUT2D eigenvalue weighted by molar-refractivity contribution is 9.10. The van der Waals surface area contributed by atoms with Gasteiger partial charge in [-0.3, -0.25) is 11.3 Å². The maximum Gasteiger partial charge on any atom is 0.122 e. The Bertz CT molecular complexity index is 637. The minimum atomic E-state index is -0.0822. The third kappa shape index (κ3) is 4.20. The summed E-state index contributed by atoms with van der Waals surface area (Å²) in [5, 5.41) is 0.676. The molecule has 2 aromatic rings. The van der Waals surface area contributed by atoms with Gasteiger partial charge < -0.3 is 4.74 Å². The molecule has 0 bridgehead atoms. The fourth-order valence-electron chi connectivity index (χ4n) is 2.17. The Morgan fingerprint density at radius 3 is 2.67 bits per heavy atom. The SMILES string of the molecule is COc1ccc(Br)cc1CC(NN)c1cc(Cl)ccc1Br. The molecular formula is C15H15Br2ClN2O. The number of hydrogen-bond donors (Lipinski definition) is 2. The van der Waals surface area contributed by atoms with Crippen LogP contribution in [0.2, 0.25) is 5.02 Å². The number of nitrogens with two attached hydrogens (primary N) is 1. The summed E-state index contributed by atoms with van der Waals surface area (Å²) in [6.45, 7) is 0. The Kier molecular flexibility index (Phi) is 6.08. The standard InChI is InChI=1S/C15H15Br2ClN2O/c1-21-15-5-2-10(16)6-9(15)7-14(20-19)12-8-11(18)3-4-13(12)17/h2-6,8,14,20H,7,19H2,1H3. The summed E-state index contributed by atoms with van der Waals surface area (Å²) in [6, 6.07) is 11.5. The van der Waals surface area contributed by atoms with Crippen LogP contribution >= 0.6 is 43.5 Å². The molecule has 6 heteroatoms. The number of halogens is 3. The topological polar surface area (TPSA) is 47.3 Å². The van der Waals surface area contributed by atoms with Crippen molar-refractivity contribution in [2.75, 3.05) is 7.11 Å². The number of benzene rings is 2. The van der Waals surface area contributed by atoms with E-state index >= 15 is 0 Å². The van der Waals surface area contributed by atoms with Crippen LogP contribution in [0.1, 0.15) is 17.2 Å². The average Bonchev–Trinajstić information content (AvgIpc) is 2.47. The van der Waals surface area contributed by atoms with Gasteiger partial charge in [0.05, 0.1) is 13.2 Å². The van der Waals surface area contributed by atoms with Gasteiger partial charge in [-0.1, -0.05) is 43.5 Å². The van der Waals surface area contributed by atoms with E-state index in [2.05, 4.69) is 37.3 Å². The molecule has 112 valence electrons. The van der Waals surface area contributed by atoms with E-state index in [9.17, 15) is 0 Å². The molecular weight excluding hydrogens is 419 g/mol. The third-order valence-electron chi connectivity index (χ3n) is 3.20. The number of nitrogens with one attached hydrogen (secondary N) is 1. The molecule has 0 aromatic heterocycles. The van der Waals surface area contributed by atoms with Gasteiger partial charge in [-0.05, 0) is 53.9 Å². The molecule has 0 saturated carbocycles. The van der Waals surface area contributed by atoms with Crippen LogP contribution in [0.4, 0.5) is 0 Å². The van der Waals surface area contributed by atoms with Crippen LogP contribution in [-0.2, 0) is 6.42 Å². The highest BCUT2D eigenvalue weighted by atomic mass is 79.9. The van der Waals surface area contributed by atoms with Crippen molar-refractivity contribution in [3.8, 4) is 5.75 Å². The summed E-state index contributed by atoms with van der Waals surface area (Å²) in [7, 11) is 1.66. The maximum atomic E-state index is 6.08. The lowest BCUT2D eigenvalue weighted by molar-refractivity contribution is 0.405. The minimum Gasteiger partial charge on any atom is -0.496 e. The van der Waals surface area contributed by atoms with Gasteiger partial charge in [0, 0.05) is 14.0 Å². The molecule has 0 amide bonds. The molecule has 2 rings (SSSR count). The molecule has 0 saturated heterocycles. The second-order valence-electron chi connectivity index (χ2n) is 4.55. The lowest BCUT2D eigenvalue weighted by Gasteiger charge is -2.20. The normalized spacial score (nSPS) is 12.2. The number of rotatable bonds is 5. The Balaban J connectivity index is 2.35. The fourth-order valence-corrected chi connectivity index (χ4v) is 3.28. The molecule has 1 atom stereocenters. The second-order valence-corrected chi connectivity index (χ2v) is 6.75. The fraction of sp³-hybridized carbons (Fsp3) is 0.200. The first-order chi connectivity index (χ1) is 10.0. The zero-order valence-corrected chi connectivity index (χ0v) is 15.3. The van der Waals surface area contributed by atoms with E-state index < -0.39 is 0 Å². The summed E-state index contributed by atoms with van der Waals surface area (Å²) in [4.78, 5) is 0. The lowest BCUT2D eigenvalue weighted by atomic mass is 9.99. The van der Waals surface area contributed by atoms with Gasteiger partial charge in [0.1, 0.15) is 5.75 Å². The van der Waals surface area contributed by atoms with Crippen molar-refractivity contribution in [1.82, 2.24) is 5.43 Å². The van der Waals surface area contributed by atoms with Crippen LogP contribution in [-0.4, -0.2) is 7.11 Å². The summed E-state index contributed by atoms with van der Waals surface area (Å²) in [6.07, 6.45) is 0.679. The molecule has 0 aliphatic heterocycles. The van der Waals surface area contributed by atoms with Crippen molar-refractivity contribution in [2.45, 2.75) is 12.5 Å². The minimum absolute atomic E-state index is 0.0822. The van der Waals surface area contributed by atoms with Crippen LogP contribution < -0.4 is 16.0 Å². The number of hydrazine groups is 1. The summed E-state index contributed by atoms with van der Waals surface area (Å²) < 4.78 is 7.37. The molecule has 21 heavy (non-hydrogen) atoms. The molecule has 0 fully saturated rings. The van der Waals surface area contributed by atoms with E-state index in [1.165, 1.54) is 0 Å². The van der Waals surface area contributed by atoms with Crippen molar-refractivity contribution >= 4 is 43.5 Å². The first-order valence-electron chi connectivity index (χ1n) is 6.28. The lowest BCUT2D eigenvalue weighted by Crippen LogP contribution is -2.30. The molecule has 0 spiro atoms. The van der Waals surface area contributed by atoms with E-state index in [1.807, 2.05) is 36.4 Å². The molecule has 3 N–H and O–H groups in total. The average molecular weight is 435 g/mol. The van der Waals surface area contributed by atoms with Crippen LogP contribution in [0, 0.1) is 0 Å². The Morgan fingerprint density at radius 2 is 2.00 bits per heavy atom. The predicted molar refractivity (Wildman–Crippen MR) is 93.6 cm³/mol. The van der Waals surface area contributed by atoms with Crippen molar-refractivity contribution in [3.63, 3.8) is 0 Å². The van der Waals surface area contributed by atoms with Crippen molar-refractivity contribution in [3.05, 3.63) is 61.5 Å². The van der Waals surface area contributed by atoms with Gasteiger partial charge in [-0.2, -0.15) is 0 Å². The number of methoxy groups -OCH3 is 1. The number of hydrogen-bond acceptors (Lipinski definition) is 3. The van der Waals surface area contributed by atoms with E-state index in [-0.39, 0.29) is 6.04 Å². The molecule has 0 radical (unpaired) electrons. The first kappa shape index (κ1) is 16.8. The largest absolute Gasteiger partial charge is 0.496 e. The predicted octanol–water partition coefficient (Wildman–Crippen LogP) is 4.62. The van der Waals surface area contributed by atoms with Crippen molar-refractivity contribution in [1.29, 1.82) is 0 Å². The molecule has 0 heterocycles. The number of ether oxygens (including phenoxy) is 1. The zero-order valence-electron chi connectivity index (χ0n) is 11.4. The summed E-state index contributed by atoms with van der Waals surface area (Å²) in [5.74, 6) is 6.56. The maximum absolute atomic E-state index is 6.08. The van der Waals surface area contributed by atoms with Crippen LogP contribution in [0.25, 0.3) is 0 Å². The summed E-state index contributed by atoms with van der Waals surface area (Å²) in [5.41, 5.74) is 4.91. The highest BCUT2D eigenvalue weighted by Crippen LogP contribution is 2.32. The molecule has 3 nitrogen and oxygen atoms in total. The van der Waals surface area contributed by atoms with Crippen LogP contribution in [0.5, 0.6) is 5.75 Å². The molecule has 2 aromatic carbocycles. The smallest absolute Gasteiger partial charge is 0.122 e. The van der Waals surface area contributed by atoms with E-state index in [1.54, 1.807) is 7.11 Å². The van der Waals surface area contributed by atoms with Crippen LogP contribution in [0.3, 0.4) is 0 Å². The quantitative estimate of drug-likeness (QED) is 0.533. The van der Waals surface area contributed by atoms with Gasteiger partial charge >= 0.3 is 0 Å². The summed E-state index contributed by atoms with van der Waals surface area (Å²) >= 11 is 13.1. The van der Waals surface area contributed by atoms with Gasteiger partial charge in [-0.25, -0.2) is 0 Å². The van der Waals surface area contributed by atoms with Gasteiger partial charge in [-0.15, -0.1) is 0 Å². The first-order valence-corrected chi connectivity index (χ1v) is 8.25. The van der Waals surface area contributed by atoms with E-state index in [0.717, 1.165) is 25.8 Å². The van der Waals surface area contributed by atoms with E-state index in [0.29, 0.717) is 11.4 Å². The third-order valence-corrected chi connectivity index (χ3v) is 4.65. The second kappa shape index (κ2) is 7.61. The van der Waals surface area contributed by atoms with Crippen molar-refractivity contribution < 1.29 is 4.74 Å². The highest BCUT2D eigenvalue weighted by Gasteiger charge is 2.17. The Hall–Kier alpha value is -0.590. The van der Waals surface area contributed by atoms with Gasteiger partial charge in [0.25, 0.3) is 0 Å². The zero-order chi connectivity index (χ0) is 15.4. The van der Waals surface area contributed by atoms with Gasteiger partial charge in [0.2, 0.25) is 0 Å². The van der Waals surface area contributed by atoms with E-state index in [4.69, 9.17) is 22.2 Å². The Morgan fingerprint density at radius 1 is 1.24 bits per heavy atom. The molecule has 1 unspecified atom stereocenters. The molecule has 0 aliphatic carbocycles. The molecule has 0 aliphatic rings. The monoisotopic (exact) mass is 432 g/mol. The van der Waals surface area contributed by atoms with Crippen molar-refractivity contribution in [2.24, 2.45) is 5.84 Å².